The van der Waals surface area contributed by atoms with Gasteiger partial charge in [-0.15, -0.1) is 0 Å². The normalized spacial score (nSPS) is 17.1. The van der Waals surface area contributed by atoms with Gasteiger partial charge in [0.2, 0.25) is 0 Å². The average Bonchev–Trinajstić information content (AvgIpc) is 3.10. The molecular weight excluding hydrogens is 345 g/mol. The first-order chi connectivity index (χ1) is 12.9. The molecule has 27 heavy (non-hydrogen) atoms. The summed E-state index contributed by atoms with van der Waals surface area (Å²) in [6.07, 6.45) is 5.84. The molecule has 1 N–H and O–H groups in total. The number of carbonyl (C=O) groups is 1. The van der Waals surface area contributed by atoms with Crippen LogP contribution in [0.5, 0.6) is 0 Å². The van der Waals surface area contributed by atoms with Gasteiger partial charge in [0.05, 0.1) is 6.20 Å². The summed E-state index contributed by atoms with van der Waals surface area (Å²) < 4.78 is 16.7. The highest BCUT2D eigenvalue weighted by atomic mass is 19.1. The van der Waals surface area contributed by atoms with Crippen molar-refractivity contribution in [3.05, 3.63) is 42.9 Å². The number of pyridine rings is 1. The van der Waals surface area contributed by atoms with Gasteiger partial charge in [-0.2, -0.15) is 5.10 Å². The molecule has 6 nitrogen and oxygen atoms in total. The first kappa shape index (κ1) is 17.6. The summed E-state index contributed by atoms with van der Waals surface area (Å²) in [6, 6.07) is 7.79. The molecular formula is C20H22FN5O. The topological polar surface area (TPSA) is 63.1 Å². The Morgan fingerprint density at radius 2 is 1.89 bits per heavy atom. The molecule has 1 aromatic carbocycles. The molecule has 1 aliphatic heterocycles. The number of piperidine rings is 1. The minimum absolute atomic E-state index is 0.202. The first-order valence-corrected chi connectivity index (χ1v) is 9.01. The molecule has 0 atom stereocenters. The van der Waals surface area contributed by atoms with Crippen LogP contribution in [-0.2, 0) is 11.8 Å². The molecule has 0 unspecified atom stereocenters. The number of benzene rings is 1. The zero-order valence-corrected chi connectivity index (χ0v) is 15.4. The van der Waals surface area contributed by atoms with Crippen molar-refractivity contribution in [3.63, 3.8) is 0 Å². The van der Waals surface area contributed by atoms with Crippen LogP contribution < -0.4 is 5.32 Å². The van der Waals surface area contributed by atoms with E-state index in [1.54, 1.807) is 23.1 Å². The van der Waals surface area contributed by atoms with Gasteiger partial charge in [0.25, 0.3) is 5.91 Å². The molecule has 0 spiro atoms. The standard InChI is InChI=1S/C20H22FN5O/c1-25-7-5-20(21,6-8-25)19(27)24-18-10-16-9-14(3-4-15(16)11-22-18)17-12-23-26(2)13-17/h3-4,9-13H,5-8H2,1-2H3,(H,22,24,27). The molecule has 0 bridgehead atoms. The van der Waals surface area contributed by atoms with E-state index < -0.39 is 11.6 Å². The number of halogens is 1. The maximum Gasteiger partial charge on any atom is 0.263 e. The Morgan fingerprint density at radius 1 is 1.11 bits per heavy atom. The second-order valence-electron chi connectivity index (χ2n) is 7.26. The van der Waals surface area contributed by atoms with E-state index >= 15 is 0 Å². The maximum atomic E-state index is 15.0. The van der Waals surface area contributed by atoms with E-state index in [1.807, 2.05) is 43.4 Å². The van der Waals surface area contributed by atoms with Crippen LogP contribution in [0.1, 0.15) is 12.8 Å². The number of nitrogens with one attached hydrogen (secondary N) is 1. The lowest BCUT2D eigenvalue weighted by Crippen LogP contribution is -2.47. The molecule has 3 aromatic rings. The van der Waals surface area contributed by atoms with E-state index in [1.165, 1.54) is 0 Å². The average molecular weight is 367 g/mol. The summed E-state index contributed by atoms with van der Waals surface area (Å²) in [5, 5.41) is 8.74. The van der Waals surface area contributed by atoms with Gasteiger partial charge in [-0.1, -0.05) is 12.1 Å². The number of hydrogen-bond acceptors (Lipinski definition) is 4. The van der Waals surface area contributed by atoms with E-state index in [9.17, 15) is 9.18 Å². The number of carbonyl (C=O) groups excluding carboxylic acids is 1. The molecule has 1 saturated heterocycles. The third kappa shape index (κ3) is 3.55. The number of aromatic nitrogens is 3. The van der Waals surface area contributed by atoms with Gasteiger partial charge < -0.3 is 10.2 Å². The van der Waals surface area contributed by atoms with Gasteiger partial charge in [-0.05, 0) is 30.1 Å². The lowest BCUT2D eigenvalue weighted by atomic mass is 9.92. The number of fused-ring (bicyclic) bond motifs is 1. The third-order valence-electron chi connectivity index (χ3n) is 5.19. The predicted octanol–water partition coefficient (Wildman–Crippen LogP) is 3.01. The quantitative estimate of drug-likeness (QED) is 0.773. The van der Waals surface area contributed by atoms with Crippen molar-refractivity contribution in [2.24, 2.45) is 7.05 Å². The summed E-state index contributed by atoms with van der Waals surface area (Å²) in [7, 11) is 3.81. The summed E-state index contributed by atoms with van der Waals surface area (Å²) in [5.41, 5.74) is 0.202. The lowest BCUT2D eigenvalue weighted by molar-refractivity contribution is -0.130. The highest BCUT2D eigenvalue weighted by molar-refractivity contribution is 5.98. The number of rotatable bonds is 3. The molecule has 3 heterocycles. The van der Waals surface area contributed by atoms with E-state index in [2.05, 4.69) is 15.4 Å². The first-order valence-electron chi connectivity index (χ1n) is 9.01. The Morgan fingerprint density at radius 3 is 2.59 bits per heavy atom. The molecule has 4 rings (SSSR count). The molecule has 7 heteroatoms. The van der Waals surface area contributed by atoms with Crippen molar-refractivity contribution in [1.82, 2.24) is 19.7 Å². The number of aryl methyl sites for hydroxylation is 1. The van der Waals surface area contributed by atoms with E-state index in [0.29, 0.717) is 18.9 Å². The van der Waals surface area contributed by atoms with Gasteiger partial charge in [0.1, 0.15) is 5.82 Å². The number of hydrogen-bond donors (Lipinski definition) is 1. The van der Waals surface area contributed by atoms with Crippen LogP contribution in [0.2, 0.25) is 0 Å². The Hall–Kier alpha value is -2.80. The number of likely N-dealkylation sites (tertiary alicyclic amines) is 1. The number of alkyl halides is 1. The monoisotopic (exact) mass is 367 g/mol. The van der Waals surface area contributed by atoms with Gasteiger partial charge in [0, 0.05) is 56.3 Å². The lowest BCUT2D eigenvalue weighted by Gasteiger charge is -2.33. The van der Waals surface area contributed by atoms with Gasteiger partial charge in [0.15, 0.2) is 5.67 Å². The Bertz CT molecular complexity index is 991. The van der Waals surface area contributed by atoms with Crippen molar-refractivity contribution in [2.45, 2.75) is 18.5 Å². The van der Waals surface area contributed by atoms with Crippen LogP contribution in [0.15, 0.2) is 42.9 Å². The Labute approximate surface area is 157 Å². The largest absolute Gasteiger partial charge is 0.308 e. The molecule has 2 aromatic heterocycles. The van der Waals surface area contributed by atoms with Crippen molar-refractivity contribution in [2.75, 3.05) is 25.5 Å². The Kier molecular flexibility index (Phi) is 4.39. The van der Waals surface area contributed by atoms with Gasteiger partial charge in [-0.3, -0.25) is 9.48 Å². The minimum atomic E-state index is -1.83. The van der Waals surface area contributed by atoms with Crippen LogP contribution in [0.3, 0.4) is 0 Å². The highest BCUT2D eigenvalue weighted by Gasteiger charge is 2.41. The van der Waals surface area contributed by atoms with Crippen LogP contribution in [-0.4, -0.2) is 51.4 Å². The van der Waals surface area contributed by atoms with Gasteiger partial charge in [-0.25, -0.2) is 9.37 Å². The minimum Gasteiger partial charge on any atom is -0.308 e. The van der Waals surface area contributed by atoms with Crippen molar-refractivity contribution < 1.29 is 9.18 Å². The smallest absolute Gasteiger partial charge is 0.263 e. The maximum absolute atomic E-state index is 15.0. The second-order valence-corrected chi connectivity index (χ2v) is 7.26. The van der Waals surface area contributed by atoms with Crippen LogP contribution in [0, 0.1) is 0 Å². The summed E-state index contributed by atoms with van der Waals surface area (Å²) >= 11 is 0. The van der Waals surface area contributed by atoms with E-state index in [-0.39, 0.29) is 12.8 Å². The number of anilines is 1. The van der Waals surface area contributed by atoms with Crippen LogP contribution in [0.25, 0.3) is 21.9 Å². The fourth-order valence-corrected chi connectivity index (χ4v) is 3.39. The second kappa shape index (κ2) is 6.74. The third-order valence-corrected chi connectivity index (χ3v) is 5.19. The molecule has 0 radical (unpaired) electrons. The highest BCUT2D eigenvalue weighted by Crippen LogP contribution is 2.29. The molecule has 0 aliphatic carbocycles. The molecule has 1 fully saturated rings. The number of amides is 1. The van der Waals surface area contributed by atoms with Crippen LogP contribution in [0.4, 0.5) is 10.2 Å². The zero-order chi connectivity index (χ0) is 19.0. The summed E-state index contributed by atoms with van der Waals surface area (Å²) in [5.74, 6) is -0.238. The fraction of sp³-hybridized carbons (Fsp3) is 0.350. The van der Waals surface area contributed by atoms with Crippen molar-refractivity contribution >= 4 is 22.5 Å². The van der Waals surface area contributed by atoms with E-state index in [4.69, 9.17) is 0 Å². The summed E-state index contributed by atoms with van der Waals surface area (Å²) in [6.45, 7) is 1.15. The van der Waals surface area contributed by atoms with E-state index in [0.717, 1.165) is 21.9 Å². The Balaban J connectivity index is 1.58. The SMILES string of the molecule is CN1CCC(F)(C(=O)Nc2cc3cc(-c4cnn(C)c4)ccc3cn2)CC1. The summed E-state index contributed by atoms with van der Waals surface area (Å²) in [4.78, 5) is 18.8. The number of nitrogens with zero attached hydrogens (tertiary/aromatic N) is 4. The van der Waals surface area contributed by atoms with Gasteiger partial charge >= 0.3 is 0 Å². The predicted molar refractivity (Wildman–Crippen MR) is 103 cm³/mol. The van der Waals surface area contributed by atoms with Crippen molar-refractivity contribution in [1.29, 1.82) is 0 Å². The van der Waals surface area contributed by atoms with Crippen molar-refractivity contribution in [3.8, 4) is 11.1 Å². The molecule has 140 valence electrons. The molecule has 1 amide bonds. The fourth-order valence-electron chi connectivity index (χ4n) is 3.39. The molecule has 0 saturated carbocycles. The van der Waals surface area contributed by atoms with Crippen LogP contribution >= 0.6 is 0 Å². The molecule has 1 aliphatic rings. The zero-order valence-electron chi connectivity index (χ0n) is 15.4.